The number of imidazole rings is 1. The van der Waals surface area contributed by atoms with Gasteiger partial charge in [-0.15, -0.1) is 0 Å². The standard InChI is InChI=1S/C49H31N5/c1-3-13-32(14-4-1)37-29-43(34-15-5-2-6-16-34)50-44(30-37)35-25-23-33(24-26-35)36-27-28-39-38-17-8-11-21-45(38)53(47(39)31-36)49-52-41-19-9-7-18-40(41)48-51-42-20-10-12-22-46(42)54(48)49/h1-31H. The highest BCUT2D eigenvalue weighted by molar-refractivity contribution is 6.10. The molecule has 54 heavy (non-hydrogen) atoms. The first-order chi connectivity index (χ1) is 26.8. The van der Waals surface area contributed by atoms with E-state index in [1.165, 1.54) is 16.3 Å². The molecule has 252 valence electrons. The lowest BCUT2D eigenvalue weighted by Gasteiger charge is -2.13. The molecule has 0 unspecified atom stereocenters. The zero-order valence-electron chi connectivity index (χ0n) is 29.1. The molecule has 5 heteroatoms. The van der Waals surface area contributed by atoms with E-state index in [4.69, 9.17) is 15.0 Å². The maximum Gasteiger partial charge on any atom is 0.221 e. The van der Waals surface area contributed by atoms with Crippen molar-refractivity contribution < 1.29 is 0 Å². The summed E-state index contributed by atoms with van der Waals surface area (Å²) in [7, 11) is 0. The average Bonchev–Trinajstić information content (AvgIpc) is 3.80. The number of pyridine rings is 1. The molecular weight excluding hydrogens is 659 g/mol. The quantitative estimate of drug-likeness (QED) is 0.181. The van der Waals surface area contributed by atoms with Crippen LogP contribution in [0.3, 0.4) is 0 Å². The molecule has 0 amide bonds. The molecular formula is C49H31N5. The summed E-state index contributed by atoms with van der Waals surface area (Å²) in [5, 5.41) is 3.38. The van der Waals surface area contributed by atoms with Crippen LogP contribution in [0.15, 0.2) is 188 Å². The molecule has 0 fully saturated rings. The third-order valence-electron chi connectivity index (χ3n) is 10.5. The smallest absolute Gasteiger partial charge is 0.221 e. The van der Waals surface area contributed by atoms with E-state index in [1.807, 2.05) is 18.2 Å². The number of rotatable bonds is 5. The van der Waals surface area contributed by atoms with E-state index >= 15 is 0 Å². The molecule has 11 rings (SSSR count). The number of hydrogen-bond acceptors (Lipinski definition) is 3. The van der Waals surface area contributed by atoms with Gasteiger partial charge in [0.2, 0.25) is 5.95 Å². The Morgan fingerprint density at radius 3 is 1.61 bits per heavy atom. The minimum absolute atomic E-state index is 0.815. The summed E-state index contributed by atoms with van der Waals surface area (Å²) in [5.41, 5.74) is 14.6. The van der Waals surface area contributed by atoms with Crippen LogP contribution in [0.1, 0.15) is 0 Å². The highest BCUT2D eigenvalue weighted by Gasteiger charge is 2.20. The molecule has 0 atom stereocenters. The van der Waals surface area contributed by atoms with Gasteiger partial charge in [-0.05, 0) is 70.8 Å². The van der Waals surface area contributed by atoms with E-state index in [1.54, 1.807) is 0 Å². The molecule has 0 spiro atoms. The first-order valence-corrected chi connectivity index (χ1v) is 18.2. The Labute approximate surface area is 311 Å². The van der Waals surface area contributed by atoms with Gasteiger partial charge >= 0.3 is 0 Å². The van der Waals surface area contributed by atoms with Gasteiger partial charge in [0.05, 0.1) is 39.0 Å². The highest BCUT2D eigenvalue weighted by atomic mass is 15.2. The number of nitrogens with zero attached hydrogens (tertiary/aromatic N) is 5. The third kappa shape index (κ3) is 4.83. The first kappa shape index (κ1) is 30.3. The summed E-state index contributed by atoms with van der Waals surface area (Å²) in [6.45, 7) is 0. The minimum atomic E-state index is 0.815. The third-order valence-corrected chi connectivity index (χ3v) is 10.5. The molecule has 0 saturated heterocycles. The molecule has 4 heterocycles. The van der Waals surface area contributed by atoms with Crippen molar-refractivity contribution in [2.45, 2.75) is 0 Å². The maximum absolute atomic E-state index is 5.35. The molecule has 0 N–H and O–H groups in total. The zero-order valence-corrected chi connectivity index (χ0v) is 29.1. The molecule has 4 aromatic heterocycles. The number of para-hydroxylation sites is 4. The fraction of sp³-hybridized carbons (Fsp3) is 0. The van der Waals surface area contributed by atoms with E-state index < -0.39 is 0 Å². The second kappa shape index (κ2) is 12.1. The number of fused-ring (bicyclic) bond motifs is 8. The Kier molecular flexibility index (Phi) is 6.79. The van der Waals surface area contributed by atoms with Crippen molar-refractivity contribution in [3.05, 3.63) is 188 Å². The Morgan fingerprint density at radius 2 is 0.852 bits per heavy atom. The van der Waals surface area contributed by atoms with Crippen LogP contribution in [0.25, 0.3) is 100 Å². The van der Waals surface area contributed by atoms with Crippen molar-refractivity contribution in [1.29, 1.82) is 0 Å². The fourth-order valence-electron chi connectivity index (χ4n) is 7.91. The van der Waals surface area contributed by atoms with Gasteiger partial charge in [0.1, 0.15) is 5.65 Å². The summed E-state index contributed by atoms with van der Waals surface area (Å²) in [4.78, 5) is 15.6. The topological polar surface area (TPSA) is 48.0 Å². The van der Waals surface area contributed by atoms with Gasteiger partial charge in [-0.3, -0.25) is 8.97 Å². The summed E-state index contributed by atoms with van der Waals surface area (Å²) in [6.07, 6.45) is 0. The van der Waals surface area contributed by atoms with E-state index in [0.29, 0.717) is 0 Å². The van der Waals surface area contributed by atoms with Crippen LogP contribution in [0.5, 0.6) is 0 Å². The van der Waals surface area contributed by atoms with Crippen molar-refractivity contribution >= 4 is 49.4 Å². The minimum Gasteiger partial charge on any atom is -0.279 e. The van der Waals surface area contributed by atoms with Gasteiger partial charge in [0, 0.05) is 27.3 Å². The lowest BCUT2D eigenvalue weighted by Crippen LogP contribution is -2.06. The Bertz CT molecular complexity index is 3140. The van der Waals surface area contributed by atoms with Gasteiger partial charge in [-0.2, -0.15) is 0 Å². The molecule has 0 aliphatic heterocycles. The van der Waals surface area contributed by atoms with Crippen LogP contribution >= 0.6 is 0 Å². The van der Waals surface area contributed by atoms with Gasteiger partial charge in [0.15, 0.2) is 0 Å². The molecule has 0 bridgehead atoms. The van der Waals surface area contributed by atoms with Crippen LogP contribution < -0.4 is 0 Å². The lowest BCUT2D eigenvalue weighted by molar-refractivity contribution is 0.979. The number of aromatic nitrogens is 5. The Morgan fingerprint density at radius 1 is 0.315 bits per heavy atom. The zero-order chi connectivity index (χ0) is 35.6. The molecule has 5 nitrogen and oxygen atoms in total. The van der Waals surface area contributed by atoms with Gasteiger partial charge in [-0.1, -0.05) is 140 Å². The first-order valence-electron chi connectivity index (χ1n) is 18.2. The van der Waals surface area contributed by atoms with Crippen LogP contribution in [-0.4, -0.2) is 23.9 Å². The second-order valence-corrected chi connectivity index (χ2v) is 13.7. The Hall–Kier alpha value is -7.37. The molecule has 0 radical (unpaired) electrons. The van der Waals surface area contributed by atoms with E-state index in [2.05, 4.69) is 179 Å². The van der Waals surface area contributed by atoms with E-state index in [9.17, 15) is 0 Å². The monoisotopic (exact) mass is 689 g/mol. The van der Waals surface area contributed by atoms with E-state index in [0.717, 1.165) is 83.8 Å². The second-order valence-electron chi connectivity index (χ2n) is 13.7. The van der Waals surface area contributed by atoms with Crippen molar-refractivity contribution in [2.24, 2.45) is 0 Å². The Balaban J connectivity index is 1.08. The summed E-state index contributed by atoms with van der Waals surface area (Å²) >= 11 is 0. The van der Waals surface area contributed by atoms with Crippen molar-refractivity contribution in [1.82, 2.24) is 23.9 Å². The lowest BCUT2D eigenvalue weighted by atomic mass is 9.98. The van der Waals surface area contributed by atoms with Crippen LogP contribution in [0.2, 0.25) is 0 Å². The normalized spacial score (nSPS) is 11.7. The van der Waals surface area contributed by atoms with E-state index in [-0.39, 0.29) is 0 Å². The van der Waals surface area contributed by atoms with Crippen LogP contribution in [0.4, 0.5) is 0 Å². The van der Waals surface area contributed by atoms with Crippen LogP contribution in [-0.2, 0) is 0 Å². The maximum atomic E-state index is 5.35. The molecule has 7 aromatic carbocycles. The highest BCUT2D eigenvalue weighted by Crippen LogP contribution is 2.37. The van der Waals surface area contributed by atoms with Gasteiger partial charge < -0.3 is 0 Å². The average molecular weight is 690 g/mol. The fourth-order valence-corrected chi connectivity index (χ4v) is 7.91. The van der Waals surface area contributed by atoms with Crippen molar-refractivity contribution in [2.75, 3.05) is 0 Å². The number of hydrogen-bond donors (Lipinski definition) is 0. The molecule has 0 aliphatic rings. The number of benzene rings is 7. The molecule has 0 aliphatic carbocycles. The SMILES string of the molecule is c1ccc(-c2cc(-c3ccccc3)nc(-c3ccc(-c4ccc5c6ccccc6n(-c6nc7ccccc7c7nc8ccccc8n67)c5c4)cc3)c2)cc1. The summed E-state index contributed by atoms with van der Waals surface area (Å²) in [6, 6.07) is 66.1. The van der Waals surface area contributed by atoms with Gasteiger partial charge in [-0.25, -0.2) is 15.0 Å². The predicted molar refractivity (Wildman–Crippen MR) is 222 cm³/mol. The van der Waals surface area contributed by atoms with Crippen molar-refractivity contribution in [3.8, 4) is 50.7 Å². The van der Waals surface area contributed by atoms with Gasteiger partial charge in [0.25, 0.3) is 0 Å². The van der Waals surface area contributed by atoms with Crippen molar-refractivity contribution in [3.63, 3.8) is 0 Å². The predicted octanol–water partition coefficient (Wildman–Crippen LogP) is 12.2. The summed E-state index contributed by atoms with van der Waals surface area (Å²) in [5.74, 6) is 0.815. The molecule has 11 aromatic rings. The van der Waals surface area contributed by atoms with Crippen LogP contribution in [0, 0.1) is 0 Å². The summed E-state index contributed by atoms with van der Waals surface area (Å²) < 4.78 is 4.52. The largest absolute Gasteiger partial charge is 0.279 e. The molecule has 0 saturated carbocycles.